The van der Waals surface area contributed by atoms with E-state index < -0.39 is 5.97 Å². The van der Waals surface area contributed by atoms with Crippen LogP contribution in [-0.2, 0) is 12.8 Å². The molecule has 0 amide bonds. The fraction of sp³-hybridized carbons (Fsp3) is 0.125. The minimum absolute atomic E-state index is 0.221. The Hall–Kier alpha value is -2.04. The van der Waals surface area contributed by atoms with Crippen molar-refractivity contribution >= 4 is 34.8 Å². The largest absolute Gasteiger partial charge is 0.477 e. The molecule has 22 heavy (non-hydrogen) atoms. The molecule has 0 unspecified atom stereocenters. The second-order valence-electron chi connectivity index (χ2n) is 4.87. The number of aromatic nitrogens is 2. The zero-order chi connectivity index (χ0) is 15.7. The number of pyridine rings is 1. The number of aromatic carboxylic acids is 1. The molecule has 2 aromatic heterocycles. The van der Waals surface area contributed by atoms with Crippen molar-refractivity contribution in [2.24, 2.45) is 0 Å². The van der Waals surface area contributed by atoms with Crippen LogP contribution in [0.5, 0.6) is 0 Å². The Morgan fingerprint density at radius 1 is 1.14 bits per heavy atom. The van der Waals surface area contributed by atoms with E-state index in [1.807, 2.05) is 0 Å². The molecule has 0 radical (unpaired) electrons. The lowest BCUT2D eigenvalue weighted by molar-refractivity contribution is 0.0687. The van der Waals surface area contributed by atoms with E-state index in [-0.39, 0.29) is 5.69 Å². The van der Waals surface area contributed by atoms with Crippen molar-refractivity contribution < 1.29 is 9.90 Å². The molecule has 0 bridgehead atoms. The number of benzene rings is 1. The third kappa shape index (κ3) is 2.67. The van der Waals surface area contributed by atoms with Gasteiger partial charge in [0.05, 0.1) is 0 Å². The summed E-state index contributed by atoms with van der Waals surface area (Å²) in [5.41, 5.74) is 2.37. The van der Waals surface area contributed by atoms with Gasteiger partial charge in [0.25, 0.3) is 0 Å². The number of imidazole rings is 1. The molecule has 0 saturated carbocycles. The van der Waals surface area contributed by atoms with Crippen molar-refractivity contribution in [1.29, 1.82) is 0 Å². The molecule has 4 nitrogen and oxygen atoms in total. The predicted octanol–water partition coefficient (Wildman–Crippen LogP) is 4.12. The van der Waals surface area contributed by atoms with Crippen LogP contribution in [0, 0.1) is 0 Å². The monoisotopic (exact) mass is 334 g/mol. The van der Waals surface area contributed by atoms with Crippen molar-refractivity contribution in [3.8, 4) is 0 Å². The van der Waals surface area contributed by atoms with Gasteiger partial charge in [-0.05, 0) is 42.2 Å². The molecule has 1 N–H and O–H groups in total. The third-order valence-electron chi connectivity index (χ3n) is 3.56. The van der Waals surface area contributed by atoms with Gasteiger partial charge in [0.2, 0.25) is 0 Å². The second kappa shape index (κ2) is 5.99. The van der Waals surface area contributed by atoms with E-state index in [1.54, 1.807) is 47.1 Å². The number of halogens is 2. The Kier molecular flexibility index (Phi) is 4.05. The smallest absolute Gasteiger partial charge is 0.353 e. The van der Waals surface area contributed by atoms with Crippen LogP contribution in [0.25, 0.3) is 5.65 Å². The van der Waals surface area contributed by atoms with Gasteiger partial charge in [-0.25, -0.2) is 9.78 Å². The van der Waals surface area contributed by atoms with Crippen molar-refractivity contribution in [2.45, 2.75) is 12.8 Å². The lowest BCUT2D eigenvalue weighted by Gasteiger charge is -2.10. The van der Waals surface area contributed by atoms with E-state index in [0.29, 0.717) is 34.1 Å². The van der Waals surface area contributed by atoms with Crippen molar-refractivity contribution in [3.05, 3.63) is 69.6 Å². The molecule has 112 valence electrons. The van der Waals surface area contributed by atoms with E-state index in [9.17, 15) is 9.90 Å². The van der Waals surface area contributed by atoms with Crippen LogP contribution in [0.4, 0.5) is 0 Å². The van der Waals surface area contributed by atoms with Crippen LogP contribution in [-0.4, -0.2) is 20.5 Å². The van der Waals surface area contributed by atoms with Gasteiger partial charge in [-0.1, -0.05) is 35.3 Å². The third-order valence-corrected chi connectivity index (χ3v) is 4.26. The molecule has 0 fully saturated rings. The summed E-state index contributed by atoms with van der Waals surface area (Å²) in [6, 6.07) is 8.93. The van der Waals surface area contributed by atoms with Crippen molar-refractivity contribution in [3.63, 3.8) is 0 Å². The van der Waals surface area contributed by atoms with Crippen LogP contribution < -0.4 is 0 Å². The predicted molar refractivity (Wildman–Crippen MR) is 86.0 cm³/mol. The van der Waals surface area contributed by atoms with Gasteiger partial charge in [0.1, 0.15) is 11.3 Å². The fourth-order valence-electron chi connectivity index (χ4n) is 2.51. The first-order valence-corrected chi connectivity index (χ1v) is 7.44. The minimum Gasteiger partial charge on any atom is -0.477 e. The van der Waals surface area contributed by atoms with Gasteiger partial charge in [-0.2, -0.15) is 0 Å². The second-order valence-corrected chi connectivity index (χ2v) is 5.68. The van der Waals surface area contributed by atoms with Crippen molar-refractivity contribution in [1.82, 2.24) is 9.38 Å². The number of nitrogens with zero attached hydrogens (tertiary/aromatic N) is 2. The maximum atomic E-state index is 11.6. The van der Waals surface area contributed by atoms with Gasteiger partial charge in [-0.3, -0.25) is 4.40 Å². The number of carboxylic acids is 1. The van der Waals surface area contributed by atoms with E-state index in [1.165, 1.54) is 0 Å². The highest BCUT2D eigenvalue weighted by Gasteiger charge is 2.16. The van der Waals surface area contributed by atoms with Crippen LogP contribution >= 0.6 is 23.2 Å². The van der Waals surface area contributed by atoms with Gasteiger partial charge in [0, 0.05) is 22.4 Å². The highest BCUT2D eigenvalue weighted by molar-refractivity contribution is 6.35. The Morgan fingerprint density at radius 3 is 2.55 bits per heavy atom. The normalized spacial score (nSPS) is 11.0. The molecule has 2 heterocycles. The first-order chi connectivity index (χ1) is 10.6. The topological polar surface area (TPSA) is 54.6 Å². The average molecular weight is 335 g/mol. The Labute approximate surface area is 136 Å². The number of fused-ring (bicyclic) bond motifs is 1. The highest BCUT2D eigenvalue weighted by Crippen LogP contribution is 2.26. The van der Waals surface area contributed by atoms with Crippen LogP contribution in [0.15, 0.2) is 42.7 Å². The van der Waals surface area contributed by atoms with Crippen LogP contribution in [0.3, 0.4) is 0 Å². The van der Waals surface area contributed by atoms with Gasteiger partial charge in [-0.15, -0.1) is 0 Å². The lowest BCUT2D eigenvalue weighted by atomic mass is 10.0. The van der Waals surface area contributed by atoms with E-state index in [0.717, 1.165) is 5.56 Å². The Balaban J connectivity index is 1.97. The van der Waals surface area contributed by atoms with E-state index in [4.69, 9.17) is 23.2 Å². The maximum absolute atomic E-state index is 11.6. The number of carboxylic acid groups (broad SMARTS) is 1. The molecule has 0 saturated heterocycles. The van der Waals surface area contributed by atoms with E-state index >= 15 is 0 Å². The maximum Gasteiger partial charge on any atom is 0.353 e. The number of hydrogen-bond acceptors (Lipinski definition) is 2. The standard InChI is InChI=1S/C16H12Cl2N2O2/c17-12-2-1-3-13(18)11(12)6-4-10-5-7-14-19-8-9-20(14)15(10)16(21)22/h1-3,5,7-9H,4,6H2,(H,21,22). The van der Waals surface area contributed by atoms with Gasteiger partial charge >= 0.3 is 5.97 Å². The zero-order valence-electron chi connectivity index (χ0n) is 11.5. The molecule has 0 aliphatic carbocycles. The zero-order valence-corrected chi connectivity index (χ0v) is 13.0. The highest BCUT2D eigenvalue weighted by atomic mass is 35.5. The molecule has 0 aliphatic heterocycles. The summed E-state index contributed by atoms with van der Waals surface area (Å²) < 4.78 is 1.58. The summed E-state index contributed by atoms with van der Waals surface area (Å²) >= 11 is 12.3. The Morgan fingerprint density at radius 2 is 1.86 bits per heavy atom. The summed E-state index contributed by atoms with van der Waals surface area (Å²) in [6.45, 7) is 0. The van der Waals surface area contributed by atoms with Gasteiger partial charge in [0.15, 0.2) is 0 Å². The molecular weight excluding hydrogens is 323 g/mol. The lowest BCUT2D eigenvalue weighted by Crippen LogP contribution is -2.10. The molecule has 0 atom stereocenters. The summed E-state index contributed by atoms with van der Waals surface area (Å²) in [4.78, 5) is 15.7. The van der Waals surface area contributed by atoms with Crippen molar-refractivity contribution in [2.75, 3.05) is 0 Å². The molecule has 0 spiro atoms. The summed E-state index contributed by atoms with van der Waals surface area (Å²) in [5, 5.41) is 10.7. The molecule has 0 aliphatic rings. The summed E-state index contributed by atoms with van der Waals surface area (Å²) in [6.07, 6.45) is 4.32. The number of hydrogen-bond donors (Lipinski definition) is 1. The first kappa shape index (κ1) is 14.9. The van der Waals surface area contributed by atoms with Crippen LogP contribution in [0.1, 0.15) is 21.6 Å². The number of carbonyl (C=O) groups is 1. The van der Waals surface area contributed by atoms with E-state index in [2.05, 4.69) is 4.98 Å². The Bertz CT molecular complexity index is 838. The molecule has 3 aromatic rings. The van der Waals surface area contributed by atoms with Crippen LogP contribution in [0.2, 0.25) is 10.0 Å². The minimum atomic E-state index is -0.983. The SMILES string of the molecule is O=C(O)c1c(CCc2c(Cl)cccc2Cl)ccc2nccn12. The first-order valence-electron chi connectivity index (χ1n) is 6.69. The fourth-order valence-corrected chi connectivity index (χ4v) is 3.10. The molecular formula is C16H12Cl2N2O2. The average Bonchev–Trinajstić information content (AvgIpc) is 2.94. The molecule has 3 rings (SSSR count). The summed E-state index contributed by atoms with van der Waals surface area (Å²) in [5.74, 6) is -0.983. The quantitative estimate of drug-likeness (QED) is 0.780. The molecule has 1 aromatic carbocycles. The van der Waals surface area contributed by atoms with Gasteiger partial charge < -0.3 is 5.11 Å². The summed E-state index contributed by atoms with van der Waals surface area (Å²) in [7, 11) is 0. The number of aryl methyl sites for hydroxylation is 1. The molecule has 6 heteroatoms. The number of rotatable bonds is 4.